The van der Waals surface area contributed by atoms with Crippen LogP contribution in [-0.4, -0.2) is 53.6 Å². The van der Waals surface area contributed by atoms with Gasteiger partial charge in [0.05, 0.1) is 0 Å². The molecule has 2 N–H and O–H groups in total. The Balaban J connectivity index is 0.000000146. The Hall–Kier alpha value is -3.38. The van der Waals surface area contributed by atoms with Crippen LogP contribution in [0, 0.1) is 0 Å². The van der Waals surface area contributed by atoms with Crippen LogP contribution in [0.1, 0.15) is 0 Å². The molecule has 12 heteroatoms. The summed E-state index contributed by atoms with van der Waals surface area (Å²) in [5.74, 6) is 0. The normalized spacial score (nSPS) is 11.2. The number of para-hydroxylation sites is 2. The SMILES string of the molecule is O=C(O)n1nnc2ccccc21.O=S(=O)(O)n1nnc2ccccc21. The van der Waals surface area contributed by atoms with Crippen molar-refractivity contribution >= 4 is 38.5 Å². The number of fused-ring (bicyclic) bond motifs is 2. The van der Waals surface area contributed by atoms with Gasteiger partial charge in [-0.3, -0.25) is 4.55 Å². The van der Waals surface area contributed by atoms with Crippen molar-refractivity contribution in [2.24, 2.45) is 0 Å². The number of carboxylic acid groups (broad SMARTS) is 1. The van der Waals surface area contributed by atoms with Gasteiger partial charge in [-0.1, -0.05) is 29.5 Å². The molecule has 128 valence electrons. The molecular formula is C13H10N6O5S. The van der Waals surface area contributed by atoms with Crippen molar-refractivity contribution in [3.05, 3.63) is 48.5 Å². The maximum atomic E-state index is 10.7. The third-order valence-corrected chi connectivity index (χ3v) is 3.78. The first-order valence-corrected chi connectivity index (χ1v) is 8.10. The second-order valence-corrected chi connectivity index (χ2v) is 5.91. The van der Waals surface area contributed by atoms with E-state index in [-0.39, 0.29) is 5.52 Å². The Bertz CT molecular complexity index is 1170. The van der Waals surface area contributed by atoms with Crippen LogP contribution in [0.15, 0.2) is 48.5 Å². The number of carbonyl (C=O) groups is 1. The quantitative estimate of drug-likeness (QED) is 0.473. The summed E-state index contributed by atoms with van der Waals surface area (Å²) in [6.07, 6.45) is -1.12. The van der Waals surface area contributed by atoms with E-state index >= 15 is 0 Å². The summed E-state index contributed by atoms with van der Waals surface area (Å²) in [5, 5.41) is 22.6. The number of hydrogen-bond donors (Lipinski definition) is 2. The number of nitrogens with zero attached hydrogens (tertiary/aromatic N) is 6. The molecule has 0 saturated heterocycles. The van der Waals surface area contributed by atoms with E-state index in [9.17, 15) is 13.2 Å². The molecule has 0 aliphatic rings. The smallest absolute Gasteiger partial charge is 0.434 e. The highest BCUT2D eigenvalue weighted by Gasteiger charge is 2.13. The number of hydrogen-bond acceptors (Lipinski definition) is 7. The van der Waals surface area contributed by atoms with Crippen molar-refractivity contribution in [3.63, 3.8) is 0 Å². The Morgan fingerprint density at radius 3 is 2.00 bits per heavy atom. The first kappa shape index (κ1) is 16.5. The molecule has 0 amide bonds. The van der Waals surface area contributed by atoms with E-state index < -0.39 is 16.4 Å². The molecule has 0 bridgehead atoms. The van der Waals surface area contributed by atoms with Gasteiger partial charge < -0.3 is 5.11 Å². The summed E-state index contributed by atoms with van der Waals surface area (Å²) in [7, 11) is -4.34. The highest BCUT2D eigenvalue weighted by atomic mass is 32.2. The molecule has 0 unspecified atom stereocenters. The minimum absolute atomic E-state index is 0.255. The maximum Gasteiger partial charge on any atom is 0.434 e. The summed E-state index contributed by atoms with van der Waals surface area (Å²) in [6, 6.07) is 13.3. The van der Waals surface area contributed by atoms with Gasteiger partial charge in [0.25, 0.3) is 0 Å². The van der Waals surface area contributed by atoms with E-state index in [1.807, 2.05) is 0 Å². The van der Waals surface area contributed by atoms with Gasteiger partial charge in [-0.15, -0.1) is 19.0 Å². The van der Waals surface area contributed by atoms with Crippen LogP contribution in [0.4, 0.5) is 4.79 Å². The molecule has 4 rings (SSSR count). The lowest BCUT2D eigenvalue weighted by Crippen LogP contribution is -2.12. The van der Waals surface area contributed by atoms with E-state index in [0.29, 0.717) is 20.6 Å². The van der Waals surface area contributed by atoms with Crippen LogP contribution < -0.4 is 0 Å². The largest absolute Gasteiger partial charge is 0.463 e. The van der Waals surface area contributed by atoms with Crippen LogP contribution >= 0.6 is 0 Å². The van der Waals surface area contributed by atoms with Crippen LogP contribution in [0.3, 0.4) is 0 Å². The van der Waals surface area contributed by atoms with Crippen LogP contribution in [0.5, 0.6) is 0 Å². The van der Waals surface area contributed by atoms with Crippen LogP contribution in [0.2, 0.25) is 0 Å². The van der Waals surface area contributed by atoms with Crippen molar-refractivity contribution in [1.29, 1.82) is 0 Å². The zero-order valence-electron chi connectivity index (χ0n) is 12.3. The zero-order valence-corrected chi connectivity index (χ0v) is 13.1. The molecule has 0 spiro atoms. The summed E-state index contributed by atoms with van der Waals surface area (Å²) in [6.45, 7) is 0. The van der Waals surface area contributed by atoms with Gasteiger partial charge in [0, 0.05) is 0 Å². The van der Waals surface area contributed by atoms with Gasteiger partial charge in [0.1, 0.15) is 22.1 Å². The standard InChI is InChI=1S/C7H5N3O2.C6H5N3O3S/c11-7(12)10-6-4-2-1-3-5(6)8-9-10;10-13(11,12)9-6-4-2-1-3-5(6)7-8-9/h1-4H,(H,11,12);1-4H,(H,10,11,12). The van der Waals surface area contributed by atoms with Gasteiger partial charge in [0.15, 0.2) is 0 Å². The highest BCUT2D eigenvalue weighted by molar-refractivity contribution is 7.84. The predicted octanol–water partition coefficient (Wildman–Crippen LogP) is 1.04. The van der Waals surface area contributed by atoms with Crippen LogP contribution in [-0.2, 0) is 10.3 Å². The molecule has 0 fully saturated rings. The number of benzene rings is 2. The Kier molecular flexibility index (Phi) is 4.12. The second kappa shape index (κ2) is 6.26. The summed E-state index contributed by atoms with van der Waals surface area (Å²) >= 11 is 0. The van der Waals surface area contributed by atoms with Crippen molar-refractivity contribution < 1.29 is 22.9 Å². The fourth-order valence-electron chi connectivity index (χ4n) is 2.03. The molecule has 0 radical (unpaired) electrons. The highest BCUT2D eigenvalue weighted by Crippen LogP contribution is 2.10. The average Bonchev–Trinajstić information content (AvgIpc) is 3.19. The summed E-state index contributed by atoms with van der Waals surface area (Å²) in [5.41, 5.74) is 1.76. The lowest BCUT2D eigenvalue weighted by Gasteiger charge is -1.94. The second-order valence-electron chi connectivity index (χ2n) is 4.67. The van der Waals surface area contributed by atoms with Crippen molar-refractivity contribution in [2.75, 3.05) is 0 Å². The monoisotopic (exact) mass is 362 g/mol. The zero-order chi connectivity index (χ0) is 18.0. The fraction of sp³-hybridized carbons (Fsp3) is 0. The molecule has 0 aliphatic heterocycles. The third-order valence-electron chi connectivity index (χ3n) is 3.07. The first-order chi connectivity index (χ1) is 11.9. The molecule has 0 saturated carbocycles. The molecule has 2 aromatic heterocycles. The fourth-order valence-corrected chi connectivity index (χ4v) is 2.56. The Labute approximate surface area is 140 Å². The molecule has 25 heavy (non-hydrogen) atoms. The summed E-state index contributed by atoms with van der Waals surface area (Å²) in [4.78, 5) is 10.5. The molecule has 0 aliphatic carbocycles. The van der Waals surface area contributed by atoms with Gasteiger partial charge in [0.2, 0.25) is 0 Å². The topological polar surface area (TPSA) is 153 Å². The van der Waals surface area contributed by atoms with Gasteiger partial charge >= 0.3 is 16.4 Å². The minimum atomic E-state index is -4.34. The van der Waals surface area contributed by atoms with Crippen molar-refractivity contribution in [2.45, 2.75) is 0 Å². The molecule has 2 heterocycles. The number of rotatable bonds is 1. The lowest BCUT2D eigenvalue weighted by atomic mass is 10.3. The van der Waals surface area contributed by atoms with Crippen molar-refractivity contribution in [1.82, 2.24) is 29.4 Å². The maximum absolute atomic E-state index is 10.7. The van der Waals surface area contributed by atoms with E-state index in [0.717, 1.165) is 4.68 Å². The predicted molar refractivity (Wildman–Crippen MR) is 85.4 cm³/mol. The Morgan fingerprint density at radius 2 is 1.40 bits per heavy atom. The lowest BCUT2D eigenvalue weighted by molar-refractivity contribution is 0.193. The van der Waals surface area contributed by atoms with Crippen LogP contribution in [0.25, 0.3) is 22.1 Å². The van der Waals surface area contributed by atoms with Gasteiger partial charge in [-0.2, -0.15) is 8.42 Å². The molecule has 11 nitrogen and oxygen atoms in total. The van der Waals surface area contributed by atoms with E-state index in [2.05, 4.69) is 20.6 Å². The number of aromatic nitrogens is 6. The first-order valence-electron chi connectivity index (χ1n) is 6.70. The van der Waals surface area contributed by atoms with Crippen molar-refractivity contribution in [3.8, 4) is 0 Å². The van der Waals surface area contributed by atoms with Gasteiger partial charge in [-0.05, 0) is 29.5 Å². The van der Waals surface area contributed by atoms with E-state index in [4.69, 9.17) is 9.66 Å². The Morgan fingerprint density at radius 1 is 0.880 bits per heavy atom. The summed E-state index contributed by atoms with van der Waals surface area (Å²) < 4.78 is 31.5. The molecule has 2 aromatic carbocycles. The third kappa shape index (κ3) is 3.29. The average molecular weight is 362 g/mol. The molecule has 0 atom stereocenters. The van der Waals surface area contributed by atoms with E-state index in [1.165, 1.54) is 6.07 Å². The molecule has 4 aromatic rings. The minimum Gasteiger partial charge on any atom is -0.463 e. The van der Waals surface area contributed by atoms with E-state index in [1.54, 1.807) is 42.5 Å². The molecular weight excluding hydrogens is 352 g/mol. The van der Waals surface area contributed by atoms with Gasteiger partial charge in [-0.25, -0.2) is 4.79 Å².